The summed E-state index contributed by atoms with van der Waals surface area (Å²) in [5, 5.41) is 3.21. The van der Waals surface area contributed by atoms with Crippen LogP contribution in [-0.2, 0) is 14.6 Å². The van der Waals surface area contributed by atoms with Crippen LogP contribution in [0.4, 0.5) is 0 Å². The smallest absolute Gasteiger partial charge is 0.151 e. The van der Waals surface area contributed by atoms with E-state index in [1.54, 1.807) is 14.0 Å². The van der Waals surface area contributed by atoms with E-state index in [0.29, 0.717) is 13.2 Å². The summed E-state index contributed by atoms with van der Waals surface area (Å²) in [5.41, 5.74) is 0. The molecule has 0 saturated carbocycles. The van der Waals surface area contributed by atoms with E-state index >= 15 is 0 Å². The fraction of sp³-hybridized carbons (Fsp3) is 1.00. The molecule has 4 nitrogen and oxygen atoms in total. The summed E-state index contributed by atoms with van der Waals surface area (Å²) in [5.74, 6) is 0.435. The van der Waals surface area contributed by atoms with Crippen molar-refractivity contribution in [3.63, 3.8) is 0 Å². The van der Waals surface area contributed by atoms with Crippen molar-refractivity contribution in [3.8, 4) is 0 Å². The summed E-state index contributed by atoms with van der Waals surface area (Å²) < 4.78 is 27.5. The lowest BCUT2D eigenvalue weighted by molar-refractivity contribution is 0.163. The van der Waals surface area contributed by atoms with Gasteiger partial charge in [0.2, 0.25) is 0 Å². The third kappa shape index (κ3) is 7.76. The third-order valence-corrected chi connectivity index (χ3v) is 4.00. The normalized spacial score (nSPS) is 14.1. The zero-order valence-corrected chi connectivity index (χ0v) is 10.8. The molecular weight excluding hydrogens is 214 g/mol. The molecule has 0 aromatic rings. The summed E-state index contributed by atoms with van der Waals surface area (Å²) >= 11 is 0. The fourth-order valence-electron chi connectivity index (χ4n) is 1.36. The predicted octanol–water partition coefficient (Wildman–Crippen LogP) is 0.826. The van der Waals surface area contributed by atoms with Crippen LogP contribution in [0.5, 0.6) is 0 Å². The number of hydrogen-bond donors (Lipinski definition) is 1. The summed E-state index contributed by atoms with van der Waals surface area (Å²) in [6, 6.07) is 0.270. The van der Waals surface area contributed by atoms with Crippen LogP contribution in [0, 0.1) is 0 Å². The lowest BCUT2D eigenvalue weighted by atomic mass is 10.2. The van der Waals surface area contributed by atoms with Crippen LogP contribution in [0.15, 0.2) is 0 Å². The Kier molecular flexibility index (Phi) is 8.00. The first-order valence-electron chi connectivity index (χ1n) is 5.48. The zero-order chi connectivity index (χ0) is 11.7. The van der Waals surface area contributed by atoms with Gasteiger partial charge in [-0.05, 0) is 6.42 Å². The van der Waals surface area contributed by atoms with Crippen LogP contribution in [0.2, 0.25) is 0 Å². The molecule has 0 fully saturated rings. The largest absolute Gasteiger partial charge is 0.383 e. The SMILES string of the molecule is CCCC(COC)NCCS(=O)(=O)CC. The number of nitrogens with one attached hydrogen (secondary N) is 1. The number of rotatable bonds is 9. The molecule has 1 unspecified atom stereocenters. The van der Waals surface area contributed by atoms with Crippen molar-refractivity contribution in [1.82, 2.24) is 5.32 Å². The second-order valence-corrected chi connectivity index (χ2v) is 6.10. The van der Waals surface area contributed by atoms with E-state index in [1.165, 1.54) is 0 Å². The minimum Gasteiger partial charge on any atom is -0.383 e. The molecule has 0 bridgehead atoms. The first kappa shape index (κ1) is 14.9. The molecule has 0 aliphatic carbocycles. The number of ether oxygens (including phenoxy) is 1. The Hall–Kier alpha value is -0.130. The first-order chi connectivity index (χ1) is 7.05. The van der Waals surface area contributed by atoms with Crippen LogP contribution in [0.1, 0.15) is 26.7 Å². The summed E-state index contributed by atoms with van der Waals surface area (Å²) in [6.45, 7) is 4.94. The molecule has 1 atom stereocenters. The van der Waals surface area contributed by atoms with Crippen LogP contribution < -0.4 is 5.32 Å². The monoisotopic (exact) mass is 237 g/mol. The Morgan fingerprint density at radius 2 is 2.00 bits per heavy atom. The molecule has 0 aromatic carbocycles. The van der Waals surface area contributed by atoms with E-state index in [9.17, 15) is 8.42 Å². The molecule has 15 heavy (non-hydrogen) atoms. The highest BCUT2D eigenvalue weighted by atomic mass is 32.2. The van der Waals surface area contributed by atoms with Gasteiger partial charge in [0.15, 0.2) is 9.84 Å². The van der Waals surface area contributed by atoms with Crippen LogP contribution in [-0.4, -0.2) is 46.2 Å². The maximum Gasteiger partial charge on any atom is 0.151 e. The van der Waals surface area contributed by atoms with E-state index in [-0.39, 0.29) is 17.5 Å². The average Bonchev–Trinajstić information content (AvgIpc) is 2.18. The van der Waals surface area contributed by atoms with E-state index in [1.807, 2.05) is 0 Å². The van der Waals surface area contributed by atoms with E-state index in [2.05, 4.69) is 12.2 Å². The Balaban J connectivity index is 3.79. The lowest BCUT2D eigenvalue weighted by Gasteiger charge is -2.16. The van der Waals surface area contributed by atoms with Crippen LogP contribution in [0.3, 0.4) is 0 Å². The predicted molar refractivity (Wildman–Crippen MR) is 62.9 cm³/mol. The standard InChI is InChI=1S/C10H23NO3S/c1-4-6-10(9-14-3)11-7-8-15(12,13)5-2/h10-11H,4-9H2,1-3H3. The molecule has 92 valence electrons. The van der Waals surface area contributed by atoms with Gasteiger partial charge in [0.25, 0.3) is 0 Å². The molecule has 1 N–H and O–H groups in total. The van der Waals surface area contributed by atoms with Gasteiger partial charge in [-0.25, -0.2) is 8.42 Å². The number of methoxy groups -OCH3 is 1. The van der Waals surface area contributed by atoms with Gasteiger partial charge in [-0.1, -0.05) is 20.3 Å². The van der Waals surface area contributed by atoms with Crippen LogP contribution >= 0.6 is 0 Å². The van der Waals surface area contributed by atoms with Gasteiger partial charge < -0.3 is 10.1 Å². The highest BCUT2D eigenvalue weighted by Crippen LogP contribution is 1.97. The topological polar surface area (TPSA) is 55.4 Å². The van der Waals surface area contributed by atoms with Crippen molar-refractivity contribution >= 4 is 9.84 Å². The van der Waals surface area contributed by atoms with Crippen molar-refractivity contribution in [3.05, 3.63) is 0 Å². The molecule has 0 radical (unpaired) electrons. The molecule has 0 saturated heterocycles. The van der Waals surface area contributed by atoms with Crippen molar-refractivity contribution in [1.29, 1.82) is 0 Å². The van der Waals surface area contributed by atoms with Gasteiger partial charge in [-0.2, -0.15) is 0 Å². The molecule has 0 aliphatic heterocycles. The molecular formula is C10H23NO3S. The van der Waals surface area contributed by atoms with Gasteiger partial charge in [-0.3, -0.25) is 0 Å². The Bertz CT molecular complexity index is 233. The Morgan fingerprint density at radius 1 is 1.33 bits per heavy atom. The maximum absolute atomic E-state index is 11.2. The molecule has 0 aromatic heterocycles. The summed E-state index contributed by atoms with van der Waals surface area (Å²) in [6.07, 6.45) is 2.08. The maximum atomic E-state index is 11.2. The second kappa shape index (κ2) is 8.07. The van der Waals surface area contributed by atoms with Crippen molar-refractivity contribution < 1.29 is 13.2 Å². The summed E-state index contributed by atoms with van der Waals surface area (Å²) in [4.78, 5) is 0. The van der Waals surface area contributed by atoms with Crippen molar-refractivity contribution in [2.45, 2.75) is 32.7 Å². The minimum atomic E-state index is -2.85. The molecule has 0 rings (SSSR count). The lowest BCUT2D eigenvalue weighted by Crippen LogP contribution is -2.36. The van der Waals surface area contributed by atoms with E-state index in [0.717, 1.165) is 12.8 Å². The quantitative estimate of drug-likeness (QED) is 0.645. The van der Waals surface area contributed by atoms with Gasteiger partial charge >= 0.3 is 0 Å². The zero-order valence-electron chi connectivity index (χ0n) is 9.95. The first-order valence-corrected chi connectivity index (χ1v) is 7.30. The van der Waals surface area contributed by atoms with Crippen LogP contribution in [0.25, 0.3) is 0 Å². The van der Waals surface area contributed by atoms with Crippen molar-refractivity contribution in [2.75, 3.05) is 31.8 Å². The molecule has 0 amide bonds. The Labute approximate surface area is 93.3 Å². The highest BCUT2D eigenvalue weighted by Gasteiger charge is 2.10. The van der Waals surface area contributed by atoms with Gasteiger partial charge in [0.05, 0.1) is 12.4 Å². The Morgan fingerprint density at radius 3 is 2.47 bits per heavy atom. The number of hydrogen-bond acceptors (Lipinski definition) is 4. The molecule has 0 spiro atoms. The summed E-state index contributed by atoms with van der Waals surface area (Å²) in [7, 11) is -1.19. The van der Waals surface area contributed by atoms with Gasteiger partial charge in [-0.15, -0.1) is 0 Å². The fourth-order valence-corrected chi connectivity index (χ4v) is 2.07. The van der Waals surface area contributed by atoms with E-state index < -0.39 is 9.84 Å². The molecule has 0 aliphatic rings. The third-order valence-electron chi connectivity index (χ3n) is 2.29. The number of sulfone groups is 1. The average molecular weight is 237 g/mol. The highest BCUT2D eigenvalue weighted by molar-refractivity contribution is 7.91. The second-order valence-electron chi connectivity index (χ2n) is 3.63. The van der Waals surface area contributed by atoms with Gasteiger partial charge in [0.1, 0.15) is 0 Å². The van der Waals surface area contributed by atoms with Gasteiger partial charge in [0, 0.05) is 25.4 Å². The van der Waals surface area contributed by atoms with Crippen molar-refractivity contribution in [2.24, 2.45) is 0 Å². The molecule has 5 heteroatoms. The molecule has 0 heterocycles. The minimum absolute atomic E-state index is 0.216. The van der Waals surface area contributed by atoms with E-state index in [4.69, 9.17) is 4.74 Å².